The number of carbonyl (C=O) groups is 1. The van der Waals surface area contributed by atoms with Crippen molar-refractivity contribution in [1.29, 1.82) is 0 Å². The van der Waals surface area contributed by atoms with Crippen LogP contribution in [-0.2, 0) is 11.2 Å². The van der Waals surface area contributed by atoms with E-state index in [1.54, 1.807) is 21.3 Å². The van der Waals surface area contributed by atoms with E-state index in [4.69, 9.17) is 14.2 Å². The highest BCUT2D eigenvalue weighted by Crippen LogP contribution is 2.55. The maximum Gasteiger partial charge on any atom is 0.220 e. The Bertz CT molecular complexity index is 1130. The number of ether oxygens (including phenoxy) is 3. The van der Waals surface area contributed by atoms with E-state index in [1.807, 2.05) is 12.1 Å². The van der Waals surface area contributed by atoms with Gasteiger partial charge in [0.1, 0.15) is 0 Å². The summed E-state index contributed by atoms with van der Waals surface area (Å²) < 4.78 is 16.3. The molecule has 0 heterocycles. The van der Waals surface area contributed by atoms with Crippen molar-refractivity contribution in [3.63, 3.8) is 0 Å². The monoisotopic (exact) mass is 457 g/mol. The fourth-order valence-corrected chi connectivity index (χ4v) is 5.83. The number of nitrogens with one attached hydrogen (secondary N) is 1. The number of amides is 1. The van der Waals surface area contributed by atoms with Crippen LogP contribution in [0.3, 0.4) is 0 Å². The van der Waals surface area contributed by atoms with Gasteiger partial charge < -0.3 is 19.5 Å². The molecule has 5 nitrogen and oxygen atoms in total. The zero-order chi connectivity index (χ0) is 23.7. The minimum Gasteiger partial charge on any atom is -0.493 e. The van der Waals surface area contributed by atoms with Gasteiger partial charge in [0.2, 0.25) is 11.7 Å². The molecule has 1 atom stereocenters. The van der Waals surface area contributed by atoms with Crippen LogP contribution in [0.5, 0.6) is 17.2 Å². The first-order valence-electron chi connectivity index (χ1n) is 11.9. The Labute approximate surface area is 201 Å². The zero-order valence-electron chi connectivity index (χ0n) is 20.0. The summed E-state index contributed by atoms with van der Waals surface area (Å²) in [5.74, 6) is 3.00. The number of rotatable bonds is 8. The smallest absolute Gasteiger partial charge is 0.220 e. The quantitative estimate of drug-likeness (QED) is 0.514. The van der Waals surface area contributed by atoms with Crippen LogP contribution in [0.4, 0.5) is 0 Å². The van der Waals surface area contributed by atoms with Gasteiger partial charge in [0.15, 0.2) is 11.5 Å². The van der Waals surface area contributed by atoms with E-state index in [0.29, 0.717) is 54.4 Å². The van der Waals surface area contributed by atoms with Gasteiger partial charge in [0.25, 0.3) is 0 Å². The predicted molar refractivity (Wildman–Crippen MR) is 132 cm³/mol. The summed E-state index contributed by atoms with van der Waals surface area (Å²) in [6.07, 6.45) is 2.09. The Morgan fingerprint density at radius 1 is 0.853 bits per heavy atom. The standard InChI is InChI=1S/C29H31NO4/c1-32-25-14-18(15-26(33-2)29(25)34-3)12-13-27(31)30-17-19-16-24-20-8-4-6-10-22(20)28(19)23-11-7-5-9-21(23)24/h4-11,14-15,19,24,28H,12-13,16-17H2,1-3H3,(H,30,31). The van der Waals surface area contributed by atoms with Crippen LogP contribution in [0.15, 0.2) is 60.7 Å². The van der Waals surface area contributed by atoms with Crippen LogP contribution < -0.4 is 19.5 Å². The third kappa shape index (κ3) is 3.89. The second-order valence-electron chi connectivity index (χ2n) is 9.12. The van der Waals surface area contributed by atoms with E-state index in [9.17, 15) is 4.79 Å². The van der Waals surface area contributed by atoms with Crippen molar-refractivity contribution >= 4 is 5.91 Å². The van der Waals surface area contributed by atoms with E-state index in [-0.39, 0.29) is 5.91 Å². The topological polar surface area (TPSA) is 56.8 Å². The Morgan fingerprint density at radius 3 is 1.94 bits per heavy atom. The van der Waals surface area contributed by atoms with Crippen LogP contribution in [0.2, 0.25) is 0 Å². The van der Waals surface area contributed by atoms with Gasteiger partial charge in [-0.25, -0.2) is 0 Å². The molecule has 3 aromatic carbocycles. The average Bonchev–Trinajstić information content (AvgIpc) is 2.90. The van der Waals surface area contributed by atoms with E-state index < -0.39 is 0 Å². The van der Waals surface area contributed by atoms with Gasteiger partial charge in [-0.05, 0) is 58.7 Å². The number of aryl methyl sites for hydroxylation is 1. The van der Waals surface area contributed by atoms with Crippen LogP contribution in [0.25, 0.3) is 0 Å². The molecule has 1 N–H and O–H groups in total. The Balaban J connectivity index is 1.26. The summed E-state index contributed by atoms with van der Waals surface area (Å²) in [6, 6.07) is 21.4. The first-order chi connectivity index (χ1) is 16.6. The van der Waals surface area contributed by atoms with Crippen LogP contribution >= 0.6 is 0 Å². The van der Waals surface area contributed by atoms with E-state index in [1.165, 1.54) is 22.3 Å². The lowest BCUT2D eigenvalue weighted by molar-refractivity contribution is -0.121. The molecule has 2 bridgehead atoms. The number of hydrogen-bond acceptors (Lipinski definition) is 4. The van der Waals surface area contributed by atoms with Gasteiger partial charge in [-0.1, -0.05) is 48.5 Å². The Morgan fingerprint density at radius 2 is 1.41 bits per heavy atom. The van der Waals surface area contributed by atoms with Crippen LogP contribution in [0.1, 0.15) is 52.5 Å². The van der Waals surface area contributed by atoms with Gasteiger partial charge in [0, 0.05) is 24.8 Å². The molecule has 1 unspecified atom stereocenters. The van der Waals surface area contributed by atoms with E-state index >= 15 is 0 Å². The number of fused-ring (bicyclic) bond motifs is 1. The summed E-state index contributed by atoms with van der Waals surface area (Å²) in [5.41, 5.74) is 6.74. The lowest BCUT2D eigenvalue weighted by Crippen LogP contribution is -2.39. The first kappa shape index (κ1) is 22.3. The number of hydrogen-bond donors (Lipinski definition) is 1. The molecule has 3 aliphatic carbocycles. The lowest BCUT2D eigenvalue weighted by atomic mass is 9.59. The third-order valence-electron chi connectivity index (χ3n) is 7.35. The molecule has 176 valence electrons. The number of methoxy groups -OCH3 is 3. The van der Waals surface area contributed by atoms with Gasteiger partial charge in [-0.3, -0.25) is 4.79 Å². The van der Waals surface area contributed by atoms with Crippen molar-refractivity contribution < 1.29 is 19.0 Å². The van der Waals surface area contributed by atoms with E-state index in [0.717, 1.165) is 12.0 Å². The molecule has 6 rings (SSSR count). The minimum absolute atomic E-state index is 0.0665. The Kier molecular flexibility index (Phi) is 6.18. The molecule has 3 aromatic rings. The molecule has 0 saturated heterocycles. The lowest BCUT2D eigenvalue weighted by Gasteiger charge is -2.45. The molecule has 0 radical (unpaired) electrons. The molecule has 5 heteroatoms. The number of carbonyl (C=O) groups excluding carboxylic acids is 1. The second kappa shape index (κ2) is 9.41. The van der Waals surface area contributed by atoms with Crippen molar-refractivity contribution in [1.82, 2.24) is 5.32 Å². The molecule has 0 saturated carbocycles. The van der Waals surface area contributed by atoms with Crippen molar-refractivity contribution in [2.75, 3.05) is 27.9 Å². The van der Waals surface area contributed by atoms with Crippen molar-refractivity contribution in [2.24, 2.45) is 5.92 Å². The molecule has 0 aromatic heterocycles. The van der Waals surface area contributed by atoms with Crippen molar-refractivity contribution in [3.8, 4) is 17.2 Å². The zero-order valence-corrected chi connectivity index (χ0v) is 20.0. The van der Waals surface area contributed by atoms with Gasteiger partial charge >= 0.3 is 0 Å². The van der Waals surface area contributed by atoms with Crippen molar-refractivity contribution in [3.05, 3.63) is 88.5 Å². The molecule has 0 fully saturated rings. The molecule has 0 spiro atoms. The van der Waals surface area contributed by atoms with Gasteiger partial charge in [-0.2, -0.15) is 0 Å². The van der Waals surface area contributed by atoms with Crippen LogP contribution in [0, 0.1) is 5.92 Å². The molecule has 3 aliphatic rings. The highest BCUT2D eigenvalue weighted by atomic mass is 16.5. The summed E-state index contributed by atoms with van der Waals surface area (Å²) in [5, 5.41) is 3.22. The predicted octanol–water partition coefficient (Wildman–Crippen LogP) is 5.06. The average molecular weight is 458 g/mol. The third-order valence-corrected chi connectivity index (χ3v) is 7.35. The molecule has 0 aliphatic heterocycles. The van der Waals surface area contributed by atoms with Gasteiger partial charge in [0.05, 0.1) is 21.3 Å². The van der Waals surface area contributed by atoms with Gasteiger partial charge in [-0.15, -0.1) is 0 Å². The van der Waals surface area contributed by atoms with Crippen molar-refractivity contribution in [2.45, 2.75) is 31.1 Å². The molecular weight excluding hydrogens is 426 g/mol. The summed E-state index contributed by atoms with van der Waals surface area (Å²) in [6.45, 7) is 0.692. The minimum atomic E-state index is 0.0665. The fourth-order valence-electron chi connectivity index (χ4n) is 5.83. The van der Waals surface area contributed by atoms with E-state index in [2.05, 4.69) is 53.8 Å². The number of benzene rings is 3. The largest absolute Gasteiger partial charge is 0.493 e. The summed E-state index contributed by atoms with van der Waals surface area (Å²) in [7, 11) is 4.78. The molecular formula is C29H31NO4. The Hall–Kier alpha value is -3.47. The van der Waals surface area contributed by atoms with Crippen LogP contribution in [-0.4, -0.2) is 33.8 Å². The normalized spacial score (nSPS) is 19.7. The SMILES string of the molecule is COc1cc(CCC(=O)NCC2CC3c4ccccc4C2c2ccccc23)cc(OC)c1OC. The summed E-state index contributed by atoms with van der Waals surface area (Å²) in [4.78, 5) is 12.8. The maximum absolute atomic E-state index is 12.8. The fraction of sp³-hybridized carbons (Fsp3) is 0.345. The summed E-state index contributed by atoms with van der Waals surface area (Å²) >= 11 is 0. The molecule has 1 amide bonds. The maximum atomic E-state index is 12.8. The first-order valence-corrected chi connectivity index (χ1v) is 11.9. The highest BCUT2D eigenvalue weighted by molar-refractivity contribution is 5.76. The molecule has 34 heavy (non-hydrogen) atoms. The highest BCUT2D eigenvalue weighted by Gasteiger charge is 2.42. The second-order valence-corrected chi connectivity index (χ2v) is 9.12.